The summed E-state index contributed by atoms with van der Waals surface area (Å²) in [6, 6.07) is 7.67. The summed E-state index contributed by atoms with van der Waals surface area (Å²) >= 11 is 5.63. The summed E-state index contributed by atoms with van der Waals surface area (Å²) in [7, 11) is 0. The van der Waals surface area contributed by atoms with Crippen molar-refractivity contribution in [1.29, 1.82) is 0 Å². The lowest BCUT2D eigenvalue weighted by atomic mass is 10.1. The van der Waals surface area contributed by atoms with Gasteiger partial charge in [0.15, 0.2) is 0 Å². The molecule has 0 saturated carbocycles. The average Bonchev–Trinajstić information content (AvgIpc) is 2.18. The predicted molar refractivity (Wildman–Crippen MR) is 57.3 cm³/mol. The molecule has 0 aliphatic carbocycles. The Bertz CT molecular complexity index is 328. The number of hydrogen-bond acceptors (Lipinski definition) is 1. The number of carbonyl (C=O) groups is 1. The molecule has 0 heterocycles. The minimum absolute atomic E-state index is 0.0528. The zero-order valence-electron chi connectivity index (χ0n) is 7.61. The van der Waals surface area contributed by atoms with E-state index in [1.807, 2.05) is 24.3 Å². The van der Waals surface area contributed by atoms with Crippen LogP contribution in [0, 0.1) is 0 Å². The normalized spacial score (nSPS) is 10.6. The van der Waals surface area contributed by atoms with E-state index in [0.717, 1.165) is 11.1 Å². The Morgan fingerprint density at radius 1 is 1.36 bits per heavy atom. The van der Waals surface area contributed by atoms with Crippen LogP contribution in [0.2, 0.25) is 0 Å². The van der Waals surface area contributed by atoms with Gasteiger partial charge in [0.25, 0.3) is 0 Å². The Labute approximate surface area is 87.8 Å². The lowest BCUT2D eigenvalue weighted by molar-refractivity contribution is -0.135. The van der Waals surface area contributed by atoms with Crippen LogP contribution in [0.4, 0.5) is 0 Å². The van der Waals surface area contributed by atoms with Gasteiger partial charge in [-0.25, -0.2) is 0 Å². The van der Waals surface area contributed by atoms with Gasteiger partial charge in [-0.15, -0.1) is 11.6 Å². The van der Waals surface area contributed by atoms with Gasteiger partial charge >= 0.3 is 5.97 Å². The lowest BCUT2D eigenvalue weighted by Crippen LogP contribution is -1.89. The third-order valence-corrected chi connectivity index (χ3v) is 2.05. The SMILES string of the molecule is O=C(O)CC=Cc1ccc(CCl)cc1. The summed E-state index contributed by atoms with van der Waals surface area (Å²) in [6.07, 6.45) is 3.46. The van der Waals surface area contributed by atoms with Crippen molar-refractivity contribution in [2.24, 2.45) is 0 Å². The first-order chi connectivity index (χ1) is 6.72. The minimum Gasteiger partial charge on any atom is -0.481 e. The van der Waals surface area contributed by atoms with Crippen molar-refractivity contribution in [2.75, 3.05) is 0 Å². The second kappa shape index (κ2) is 5.45. The maximum absolute atomic E-state index is 10.2. The summed E-state index contributed by atoms with van der Waals surface area (Å²) in [4.78, 5) is 10.2. The lowest BCUT2D eigenvalue weighted by Gasteiger charge is -1.95. The van der Waals surface area contributed by atoms with Crippen LogP contribution < -0.4 is 0 Å². The Balaban J connectivity index is 2.59. The van der Waals surface area contributed by atoms with Crippen molar-refractivity contribution >= 4 is 23.6 Å². The van der Waals surface area contributed by atoms with E-state index in [-0.39, 0.29) is 6.42 Å². The van der Waals surface area contributed by atoms with E-state index < -0.39 is 5.97 Å². The van der Waals surface area contributed by atoms with Gasteiger partial charge in [0.2, 0.25) is 0 Å². The first-order valence-electron chi connectivity index (χ1n) is 4.25. The Morgan fingerprint density at radius 3 is 2.50 bits per heavy atom. The molecule has 0 amide bonds. The van der Waals surface area contributed by atoms with Crippen molar-refractivity contribution in [3.8, 4) is 0 Å². The largest absolute Gasteiger partial charge is 0.481 e. The molecule has 0 fully saturated rings. The second-order valence-corrected chi connectivity index (χ2v) is 3.14. The first-order valence-corrected chi connectivity index (χ1v) is 4.79. The number of halogens is 1. The van der Waals surface area contributed by atoms with E-state index in [4.69, 9.17) is 16.7 Å². The molecule has 74 valence electrons. The fourth-order valence-electron chi connectivity index (χ4n) is 1.01. The Morgan fingerprint density at radius 2 is 2.00 bits per heavy atom. The number of carboxylic acids is 1. The van der Waals surface area contributed by atoms with Crippen molar-refractivity contribution < 1.29 is 9.90 Å². The summed E-state index contributed by atoms with van der Waals surface area (Å²) in [5.74, 6) is -0.322. The molecule has 1 aromatic rings. The maximum atomic E-state index is 10.2. The molecule has 1 aromatic carbocycles. The van der Waals surface area contributed by atoms with Crippen molar-refractivity contribution in [1.82, 2.24) is 0 Å². The maximum Gasteiger partial charge on any atom is 0.307 e. The molecule has 0 aliphatic heterocycles. The van der Waals surface area contributed by atoms with Gasteiger partial charge in [-0.3, -0.25) is 4.79 Å². The van der Waals surface area contributed by atoms with Crippen LogP contribution >= 0.6 is 11.6 Å². The number of benzene rings is 1. The molecular weight excluding hydrogens is 200 g/mol. The fraction of sp³-hybridized carbons (Fsp3) is 0.182. The van der Waals surface area contributed by atoms with E-state index in [1.54, 1.807) is 12.2 Å². The molecule has 2 nitrogen and oxygen atoms in total. The van der Waals surface area contributed by atoms with Crippen molar-refractivity contribution in [3.63, 3.8) is 0 Å². The highest BCUT2D eigenvalue weighted by atomic mass is 35.5. The van der Waals surface area contributed by atoms with Crippen LogP contribution in [0.15, 0.2) is 30.3 Å². The quantitative estimate of drug-likeness (QED) is 0.776. The zero-order chi connectivity index (χ0) is 10.4. The molecule has 0 atom stereocenters. The van der Waals surface area contributed by atoms with Gasteiger partial charge in [-0.05, 0) is 11.1 Å². The van der Waals surface area contributed by atoms with Gasteiger partial charge in [0.05, 0.1) is 6.42 Å². The van der Waals surface area contributed by atoms with Crippen molar-refractivity contribution in [2.45, 2.75) is 12.3 Å². The highest BCUT2D eigenvalue weighted by Gasteiger charge is 1.91. The van der Waals surface area contributed by atoms with Crippen LogP contribution in [-0.4, -0.2) is 11.1 Å². The Hall–Kier alpha value is -1.28. The van der Waals surface area contributed by atoms with Crippen LogP contribution in [0.5, 0.6) is 0 Å². The van der Waals surface area contributed by atoms with Gasteiger partial charge in [0, 0.05) is 5.88 Å². The van der Waals surface area contributed by atoms with E-state index in [9.17, 15) is 4.79 Å². The average molecular weight is 211 g/mol. The van der Waals surface area contributed by atoms with Crippen LogP contribution in [0.25, 0.3) is 6.08 Å². The molecule has 0 saturated heterocycles. The third-order valence-electron chi connectivity index (χ3n) is 1.74. The third kappa shape index (κ3) is 3.62. The number of rotatable bonds is 4. The highest BCUT2D eigenvalue weighted by molar-refractivity contribution is 6.17. The van der Waals surface area contributed by atoms with Gasteiger partial charge in [-0.1, -0.05) is 36.4 Å². The number of aliphatic carboxylic acids is 1. The molecule has 0 aliphatic rings. The van der Waals surface area contributed by atoms with Crippen LogP contribution in [-0.2, 0) is 10.7 Å². The molecule has 0 unspecified atom stereocenters. The monoisotopic (exact) mass is 210 g/mol. The molecule has 1 N–H and O–H groups in total. The molecule has 0 radical (unpaired) electrons. The number of alkyl halides is 1. The molecule has 3 heteroatoms. The Kier molecular flexibility index (Phi) is 4.20. The standard InChI is InChI=1S/C11H11ClO2/c12-8-10-6-4-9(5-7-10)2-1-3-11(13)14/h1-2,4-7H,3,8H2,(H,13,14). The van der Waals surface area contributed by atoms with E-state index >= 15 is 0 Å². The molecule has 0 bridgehead atoms. The van der Waals surface area contributed by atoms with E-state index in [1.165, 1.54) is 0 Å². The summed E-state index contributed by atoms with van der Waals surface area (Å²) in [5.41, 5.74) is 2.04. The first kappa shape index (κ1) is 10.8. The van der Waals surface area contributed by atoms with Gasteiger partial charge in [0.1, 0.15) is 0 Å². The minimum atomic E-state index is -0.821. The topological polar surface area (TPSA) is 37.3 Å². The zero-order valence-corrected chi connectivity index (χ0v) is 8.37. The second-order valence-electron chi connectivity index (χ2n) is 2.88. The highest BCUT2D eigenvalue weighted by Crippen LogP contribution is 2.08. The van der Waals surface area contributed by atoms with Gasteiger partial charge < -0.3 is 5.11 Å². The summed E-state index contributed by atoms with van der Waals surface area (Å²) in [5, 5.41) is 8.40. The molecule has 0 spiro atoms. The molecule has 0 aromatic heterocycles. The number of hydrogen-bond donors (Lipinski definition) is 1. The number of carboxylic acid groups (broad SMARTS) is 1. The summed E-state index contributed by atoms with van der Waals surface area (Å²) < 4.78 is 0. The molecule has 14 heavy (non-hydrogen) atoms. The van der Waals surface area contributed by atoms with Crippen molar-refractivity contribution in [3.05, 3.63) is 41.5 Å². The van der Waals surface area contributed by atoms with Crippen LogP contribution in [0.1, 0.15) is 17.5 Å². The molecule has 1 rings (SSSR count). The smallest absolute Gasteiger partial charge is 0.307 e. The van der Waals surface area contributed by atoms with Gasteiger partial charge in [-0.2, -0.15) is 0 Å². The fourth-order valence-corrected chi connectivity index (χ4v) is 1.19. The van der Waals surface area contributed by atoms with E-state index in [0.29, 0.717) is 5.88 Å². The van der Waals surface area contributed by atoms with E-state index in [2.05, 4.69) is 0 Å². The molecular formula is C11H11ClO2. The summed E-state index contributed by atoms with van der Waals surface area (Å²) in [6.45, 7) is 0. The predicted octanol–water partition coefficient (Wildman–Crippen LogP) is 2.91. The van der Waals surface area contributed by atoms with Crippen LogP contribution in [0.3, 0.4) is 0 Å².